The van der Waals surface area contributed by atoms with E-state index in [1.165, 1.54) is 31.4 Å². The lowest BCUT2D eigenvalue weighted by atomic mass is 10.1. The number of nitrogens with zero attached hydrogens (tertiary/aromatic N) is 1. The van der Waals surface area contributed by atoms with Gasteiger partial charge < -0.3 is 14.5 Å². The largest absolute Gasteiger partial charge is 0.493 e. The summed E-state index contributed by atoms with van der Waals surface area (Å²) in [5.41, 5.74) is -2.19. The lowest BCUT2D eigenvalue weighted by Crippen LogP contribution is -2.25. The number of nitrogens with one attached hydrogen (secondary N) is 2. The highest BCUT2D eigenvalue weighted by Crippen LogP contribution is 2.30. The fourth-order valence-electron chi connectivity index (χ4n) is 2.63. The summed E-state index contributed by atoms with van der Waals surface area (Å²) in [5.74, 6) is -0.181. The van der Waals surface area contributed by atoms with Gasteiger partial charge in [0.25, 0.3) is 0 Å². The van der Waals surface area contributed by atoms with Crippen LogP contribution in [-0.2, 0) is 0 Å². The average molecular weight is 488 g/mol. The summed E-state index contributed by atoms with van der Waals surface area (Å²) < 4.78 is 11.4. The molecule has 0 spiro atoms. The first-order valence-corrected chi connectivity index (χ1v) is 9.42. The predicted octanol–water partition coefficient (Wildman–Crippen LogP) is 3.13. The number of hydrogen-bond acceptors (Lipinski definition) is 7. The molecule has 3 aromatic rings. The van der Waals surface area contributed by atoms with Crippen molar-refractivity contribution in [3.63, 3.8) is 0 Å². The molecule has 0 saturated heterocycles. The van der Waals surface area contributed by atoms with Gasteiger partial charge in [-0.1, -0.05) is 34.1 Å². The standard InChI is InChI=1S/C20H14BrN3O7/c1-30-16-9-11(5-7-14-17(24(28)29)18(25)23-20(27)22-14)6-8-15(16)31-19(26)12-3-2-4-13(21)10-12/h2-10H,1H3,(H2,22,23,25,27)/b7-5+. The summed E-state index contributed by atoms with van der Waals surface area (Å²) in [6, 6.07) is 11.3. The van der Waals surface area contributed by atoms with E-state index >= 15 is 0 Å². The predicted molar refractivity (Wildman–Crippen MR) is 115 cm³/mol. The van der Waals surface area contributed by atoms with Gasteiger partial charge in [0.05, 0.1) is 17.6 Å². The molecule has 0 radical (unpaired) electrons. The van der Waals surface area contributed by atoms with Gasteiger partial charge in [0.2, 0.25) is 0 Å². The molecule has 0 saturated carbocycles. The molecule has 0 bridgehead atoms. The Morgan fingerprint density at radius 1 is 1.10 bits per heavy atom. The molecule has 10 nitrogen and oxygen atoms in total. The highest BCUT2D eigenvalue weighted by Gasteiger charge is 2.19. The zero-order chi connectivity index (χ0) is 22.5. The molecule has 1 aromatic heterocycles. The monoisotopic (exact) mass is 487 g/mol. The zero-order valence-electron chi connectivity index (χ0n) is 15.9. The van der Waals surface area contributed by atoms with Crippen molar-refractivity contribution in [3.05, 3.63) is 94.7 Å². The first-order chi connectivity index (χ1) is 14.8. The van der Waals surface area contributed by atoms with E-state index in [1.807, 2.05) is 0 Å². The first-order valence-electron chi connectivity index (χ1n) is 8.63. The molecule has 0 unspecified atom stereocenters. The van der Waals surface area contributed by atoms with E-state index in [4.69, 9.17) is 9.47 Å². The quantitative estimate of drug-likeness (QED) is 0.235. The Morgan fingerprint density at radius 2 is 1.87 bits per heavy atom. The summed E-state index contributed by atoms with van der Waals surface area (Å²) in [6.07, 6.45) is 2.65. The minimum atomic E-state index is -1.11. The van der Waals surface area contributed by atoms with Crippen molar-refractivity contribution in [1.82, 2.24) is 9.97 Å². The second kappa shape index (κ2) is 9.22. The smallest absolute Gasteiger partial charge is 0.357 e. The number of aromatic nitrogens is 2. The topological polar surface area (TPSA) is 144 Å². The number of carbonyl (C=O) groups excluding carboxylic acids is 1. The molecule has 3 rings (SSSR count). The zero-order valence-corrected chi connectivity index (χ0v) is 17.5. The van der Waals surface area contributed by atoms with Gasteiger partial charge in [-0.15, -0.1) is 0 Å². The van der Waals surface area contributed by atoms with Crippen LogP contribution in [0.1, 0.15) is 21.6 Å². The normalized spacial score (nSPS) is 10.8. The number of nitro groups is 1. The molecule has 0 atom stereocenters. The number of ether oxygens (including phenoxy) is 2. The summed E-state index contributed by atoms with van der Waals surface area (Å²) in [5, 5.41) is 11.1. The van der Waals surface area contributed by atoms with Crippen molar-refractivity contribution in [2.45, 2.75) is 0 Å². The fraction of sp³-hybridized carbons (Fsp3) is 0.0500. The molecule has 0 amide bonds. The van der Waals surface area contributed by atoms with Crippen molar-refractivity contribution in [1.29, 1.82) is 0 Å². The number of carbonyl (C=O) groups is 1. The number of halogens is 1. The minimum Gasteiger partial charge on any atom is -0.493 e. The van der Waals surface area contributed by atoms with Crippen LogP contribution in [0.15, 0.2) is 56.5 Å². The number of aromatic amines is 2. The highest BCUT2D eigenvalue weighted by molar-refractivity contribution is 9.10. The average Bonchev–Trinajstić information content (AvgIpc) is 2.72. The van der Waals surface area contributed by atoms with Gasteiger partial charge in [-0.05, 0) is 42.0 Å². The van der Waals surface area contributed by atoms with E-state index < -0.39 is 27.8 Å². The second-order valence-corrected chi connectivity index (χ2v) is 6.99. The molecule has 0 fully saturated rings. The van der Waals surface area contributed by atoms with Crippen LogP contribution in [0.3, 0.4) is 0 Å². The molecular formula is C20H14BrN3O7. The molecule has 0 aliphatic heterocycles. The van der Waals surface area contributed by atoms with E-state index in [9.17, 15) is 24.5 Å². The van der Waals surface area contributed by atoms with E-state index in [1.54, 1.807) is 35.3 Å². The number of rotatable bonds is 6. The van der Waals surface area contributed by atoms with E-state index in [2.05, 4.69) is 20.9 Å². The maximum atomic E-state index is 12.4. The van der Waals surface area contributed by atoms with Gasteiger partial charge in [-0.2, -0.15) is 0 Å². The van der Waals surface area contributed by atoms with Gasteiger partial charge in [0.1, 0.15) is 5.69 Å². The minimum absolute atomic E-state index is 0.167. The lowest BCUT2D eigenvalue weighted by Gasteiger charge is -2.10. The van der Waals surface area contributed by atoms with Crippen LogP contribution in [0.4, 0.5) is 5.69 Å². The number of hydrogen-bond donors (Lipinski definition) is 2. The summed E-state index contributed by atoms with van der Waals surface area (Å²) in [7, 11) is 1.39. The van der Waals surface area contributed by atoms with Crippen LogP contribution in [0, 0.1) is 10.1 Å². The van der Waals surface area contributed by atoms with Crippen LogP contribution >= 0.6 is 15.9 Å². The van der Waals surface area contributed by atoms with Crippen LogP contribution in [0.25, 0.3) is 12.2 Å². The van der Waals surface area contributed by atoms with Gasteiger partial charge >= 0.3 is 22.9 Å². The SMILES string of the molecule is COc1cc(/C=C/c2[nH]c(=O)[nH]c(=O)c2[N+](=O)[O-])ccc1OC(=O)c1cccc(Br)c1. The van der Waals surface area contributed by atoms with Crippen molar-refractivity contribution < 1.29 is 19.2 Å². The van der Waals surface area contributed by atoms with Crippen molar-refractivity contribution in [2.75, 3.05) is 7.11 Å². The Morgan fingerprint density at radius 3 is 2.55 bits per heavy atom. The van der Waals surface area contributed by atoms with Gasteiger partial charge in [-0.25, -0.2) is 9.59 Å². The highest BCUT2D eigenvalue weighted by atomic mass is 79.9. The molecule has 2 aromatic carbocycles. The van der Waals surface area contributed by atoms with E-state index in [0.717, 1.165) is 4.47 Å². The van der Waals surface area contributed by atoms with Crippen LogP contribution in [-0.4, -0.2) is 28.0 Å². The lowest BCUT2D eigenvalue weighted by molar-refractivity contribution is -0.386. The molecule has 158 valence electrons. The van der Waals surface area contributed by atoms with E-state index in [-0.39, 0.29) is 17.2 Å². The Labute approximate surface area is 182 Å². The Hall–Kier alpha value is -3.99. The summed E-state index contributed by atoms with van der Waals surface area (Å²) >= 11 is 3.29. The molecule has 31 heavy (non-hydrogen) atoms. The van der Waals surface area contributed by atoms with Crippen molar-refractivity contribution in [3.8, 4) is 11.5 Å². The molecule has 1 heterocycles. The number of methoxy groups -OCH3 is 1. The van der Waals surface area contributed by atoms with Crippen molar-refractivity contribution >= 4 is 39.7 Å². The maximum absolute atomic E-state index is 12.4. The number of H-pyrrole nitrogens is 2. The van der Waals surface area contributed by atoms with Crippen LogP contribution in [0.2, 0.25) is 0 Å². The third-order valence-electron chi connectivity index (χ3n) is 4.02. The van der Waals surface area contributed by atoms with Gasteiger partial charge in [0.15, 0.2) is 11.5 Å². The second-order valence-electron chi connectivity index (χ2n) is 6.07. The van der Waals surface area contributed by atoms with Crippen molar-refractivity contribution in [2.24, 2.45) is 0 Å². The number of benzene rings is 2. The summed E-state index contributed by atoms with van der Waals surface area (Å²) in [4.78, 5) is 49.7. The first kappa shape index (κ1) is 21.7. The third kappa shape index (κ3) is 5.14. The molecule has 11 heteroatoms. The maximum Gasteiger partial charge on any atom is 0.357 e. The molecular weight excluding hydrogens is 474 g/mol. The Balaban J connectivity index is 1.89. The van der Waals surface area contributed by atoms with Crippen LogP contribution in [0.5, 0.6) is 11.5 Å². The molecule has 0 aliphatic carbocycles. The summed E-state index contributed by atoms with van der Waals surface area (Å²) in [6.45, 7) is 0. The van der Waals surface area contributed by atoms with Gasteiger partial charge in [-0.3, -0.25) is 19.9 Å². The Bertz CT molecular complexity index is 1310. The van der Waals surface area contributed by atoms with E-state index in [0.29, 0.717) is 11.1 Å². The molecule has 0 aliphatic rings. The fourth-order valence-corrected chi connectivity index (χ4v) is 3.02. The third-order valence-corrected chi connectivity index (χ3v) is 4.51. The van der Waals surface area contributed by atoms with Crippen LogP contribution < -0.4 is 20.7 Å². The Kier molecular flexibility index (Phi) is 6.46. The number of esters is 1. The van der Waals surface area contributed by atoms with Gasteiger partial charge in [0, 0.05) is 4.47 Å². The molecule has 2 N–H and O–H groups in total.